The maximum atomic E-state index is 11.9. The zero-order valence-corrected chi connectivity index (χ0v) is 16.5. The van der Waals surface area contributed by atoms with Crippen LogP contribution >= 0.6 is 0 Å². The van der Waals surface area contributed by atoms with E-state index in [0.29, 0.717) is 17.9 Å². The zero-order chi connectivity index (χ0) is 20.9. The molecule has 4 aromatic rings. The number of methoxy groups -OCH3 is 1. The van der Waals surface area contributed by atoms with Crippen LogP contribution in [-0.4, -0.2) is 23.2 Å². The Bertz CT molecular complexity index is 1190. The summed E-state index contributed by atoms with van der Waals surface area (Å²) in [5.41, 5.74) is 3.58. The summed E-state index contributed by atoms with van der Waals surface area (Å²) < 4.78 is 11.1. The van der Waals surface area contributed by atoms with Gasteiger partial charge < -0.3 is 19.6 Å². The monoisotopic (exact) mass is 399 g/mol. The Balaban J connectivity index is 1.65. The van der Waals surface area contributed by atoms with Gasteiger partial charge >= 0.3 is 5.97 Å². The van der Waals surface area contributed by atoms with Crippen LogP contribution in [0.15, 0.2) is 79.0 Å². The Labute approximate surface area is 174 Å². The van der Waals surface area contributed by atoms with Crippen LogP contribution in [-0.2, 0) is 11.4 Å². The van der Waals surface area contributed by atoms with E-state index in [0.717, 1.165) is 27.8 Å². The highest BCUT2D eigenvalue weighted by atomic mass is 16.5. The van der Waals surface area contributed by atoms with Gasteiger partial charge in [0.1, 0.15) is 18.1 Å². The number of aromatic amines is 1. The summed E-state index contributed by atoms with van der Waals surface area (Å²) in [6.45, 7) is 0.466. The second-order valence-electron chi connectivity index (χ2n) is 6.82. The lowest BCUT2D eigenvalue weighted by molar-refractivity contribution is -0.130. The molecule has 0 radical (unpaired) electrons. The molecule has 0 fully saturated rings. The Morgan fingerprint density at radius 3 is 2.43 bits per heavy atom. The van der Waals surface area contributed by atoms with Gasteiger partial charge in [0.05, 0.1) is 12.7 Å². The standard InChI is InChI=1S/C25H21NO4/c1-29-20-9-7-18(8-10-20)23(25(27)28)13-19-15-26-24-12-11-21(14-22(19)24)30-16-17-5-3-2-4-6-17/h2-15,26H,16H2,1H3,(H,27,28)/b23-13+. The van der Waals surface area contributed by atoms with E-state index in [1.165, 1.54) is 0 Å². The van der Waals surface area contributed by atoms with Gasteiger partial charge in [0.15, 0.2) is 0 Å². The Morgan fingerprint density at radius 2 is 1.73 bits per heavy atom. The number of hydrogen-bond donors (Lipinski definition) is 2. The van der Waals surface area contributed by atoms with Crippen LogP contribution in [0.25, 0.3) is 22.6 Å². The fourth-order valence-electron chi connectivity index (χ4n) is 3.27. The molecule has 0 atom stereocenters. The molecule has 0 aliphatic rings. The van der Waals surface area contributed by atoms with E-state index in [4.69, 9.17) is 9.47 Å². The minimum Gasteiger partial charge on any atom is -0.497 e. The molecule has 1 aromatic heterocycles. The third kappa shape index (κ3) is 4.20. The van der Waals surface area contributed by atoms with Crippen molar-refractivity contribution in [3.63, 3.8) is 0 Å². The number of carbonyl (C=O) groups is 1. The van der Waals surface area contributed by atoms with Crippen molar-refractivity contribution in [1.82, 2.24) is 4.98 Å². The van der Waals surface area contributed by atoms with Crippen LogP contribution in [0.4, 0.5) is 0 Å². The first kappa shape index (κ1) is 19.3. The molecule has 3 aromatic carbocycles. The summed E-state index contributed by atoms with van der Waals surface area (Å²) in [7, 11) is 1.58. The van der Waals surface area contributed by atoms with Crippen LogP contribution in [0.1, 0.15) is 16.7 Å². The van der Waals surface area contributed by atoms with Gasteiger partial charge in [-0.1, -0.05) is 42.5 Å². The predicted molar refractivity (Wildman–Crippen MR) is 118 cm³/mol. The molecular formula is C25H21NO4. The highest BCUT2D eigenvalue weighted by molar-refractivity contribution is 6.21. The maximum Gasteiger partial charge on any atom is 0.336 e. The fourth-order valence-corrected chi connectivity index (χ4v) is 3.27. The normalized spacial score (nSPS) is 11.4. The topological polar surface area (TPSA) is 71.5 Å². The summed E-state index contributed by atoms with van der Waals surface area (Å²) in [6, 6.07) is 22.7. The van der Waals surface area contributed by atoms with Gasteiger partial charge in [-0.25, -0.2) is 4.79 Å². The van der Waals surface area contributed by atoms with Crippen LogP contribution in [0.5, 0.6) is 11.5 Å². The summed E-state index contributed by atoms with van der Waals surface area (Å²) in [5.74, 6) is 0.406. The van der Waals surface area contributed by atoms with Crippen molar-refractivity contribution in [2.75, 3.05) is 7.11 Å². The van der Waals surface area contributed by atoms with Crippen molar-refractivity contribution in [1.29, 1.82) is 0 Å². The number of carboxylic acid groups (broad SMARTS) is 1. The van der Waals surface area contributed by atoms with Gasteiger partial charge in [0, 0.05) is 22.7 Å². The summed E-state index contributed by atoms with van der Waals surface area (Å²) >= 11 is 0. The molecular weight excluding hydrogens is 378 g/mol. The van der Waals surface area contributed by atoms with E-state index in [9.17, 15) is 9.90 Å². The molecule has 0 saturated carbocycles. The van der Waals surface area contributed by atoms with E-state index in [1.54, 1.807) is 43.6 Å². The molecule has 5 heteroatoms. The van der Waals surface area contributed by atoms with Gasteiger partial charge in [0.2, 0.25) is 0 Å². The van der Waals surface area contributed by atoms with Gasteiger partial charge in [-0.3, -0.25) is 0 Å². The second kappa shape index (κ2) is 8.57. The second-order valence-corrected chi connectivity index (χ2v) is 6.82. The van der Waals surface area contributed by atoms with Crippen molar-refractivity contribution in [2.45, 2.75) is 6.61 Å². The highest BCUT2D eigenvalue weighted by Crippen LogP contribution is 2.28. The van der Waals surface area contributed by atoms with Gasteiger partial charge in [-0.05, 0) is 47.5 Å². The molecule has 0 unspecified atom stereocenters. The average Bonchev–Trinajstić information content (AvgIpc) is 3.18. The minimum absolute atomic E-state index is 0.203. The van der Waals surface area contributed by atoms with E-state index in [-0.39, 0.29) is 5.57 Å². The molecule has 0 bridgehead atoms. The number of fused-ring (bicyclic) bond motifs is 1. The maximum absolute atomic E-state index is 11.9. The average molecular weight is 399 g/mol. The zero-order valence-electron chi connectivity index (χ0n) is 16.5. The Kier molecular flexibility index (Phi) is 5.52. The molecule has 2 N–H and O–H groups in total. The fraction of sp³-hybridized carbons (Fsp3) is 0.0800. The largest absolute Gasteiger partial charge is 0.497 e. The van der Waals surface area contributed by atoms with Crippen molar-refractivity contribution < 1.29 is 19.4 Å². The van der Waals surface area contributed by atoms with Crippen molar-refractivity contribution in [2.24, 2.45) is 0 Å². The number of aromatic nitrogens is 1. The molecule has 150 valence electrons. The van der Waals surface area contributed by atoms with E-state index >= 15 is 0 Å². The lowest BCUT2D eigenvalue weighted by atomic mass is 10.0. The first-order valence-corrected chi connectivity index (χ1v) is 9.51. The number of aliphatic carboxylic acids is 1. The van der Waals surface area contributed by atoms with Crippen molar-refractivity contribution >= 4 is 28.5 Å². The van der Waals surface area contributed by atoms with E-state index in [1.807, 2.05) is 48.5 Å². The number of ether oxygens (including phenoxy) is 2. The summed E-state index contributed by atoms with van der Waals surface area (Å²) in [5, 5.41) is 10.7. The number of benzene rings is 3. The molecule has 0 amide bonds. The third-order valence-corrected chi connectivity index (χ3v) is 4.86. The highest BCUT2D eigenvalue weighted by Gasteiger charge is 2.13. The van der Waals surface area contributed by atoms with E-state index < -0.39 is 5.97 Å². The molecule has 5 nitrogen and oxygen atoms in total. The van der Waals surface area contributed by atoms with Crippen LogP contribution in [0.2, 0.25) is 0 Å². The Morgan fingerprint density at radius 1 is 1.00 bits per heavy atom. The van der Waals surface area contributed by atoms with Gasteiger partial charge in [-0.15, -0.1) is 0 Å². The van der Waals surface area contributed by atoms with Crippen LogP contribution in [0, 0.1) is 0 Å². The molecule has 4 rings (SSSR count). The number of nitrogens with one attached hydrogen (secondary N) is 1. The first-order valence-electron chi connectivity index (χ1n) is 9.51. The van der Waals surface area contributed by atoms with Crippen LogP contribution in [0.3, 0.4) is 0 Å². The third-order valence-electron chi connectivity index (χ3n) is 4.86. The molecule has 0 aliphatic carbocycles. The van der Waals surface area contributed by atoms with Crippen molar-refractivity contribution in [3.8, 4) is 11.5 Å². The molecule has 0 aliphatic heterocycles. The van der Waals surface area contributed by atoms with Crippen molar-refractivity contribution in [3.05, 3.63) is 95.7 Å². The van der Waals surface area contributed by atoms with Crippen LogP contribution < -0.4 is 9.47 Å². The van der Waals surface area contributed by atoms with E-state index in [2.05, 4.69) is 4.98 Å². The minimum atomic E-state index is -0.994. The van der Waals surface area contributed by atoms with Gasteiger partial charge in [-0.2, -0.15) is 0 Å². The lowest BCUT2D eigenvalue weighted by Gasteiger charge is -2.07. The molecule has 30 heavy (non-hydrogen) atoms. The predicted octanol–water partition coefficient (Wildman–Crippen LogP) is 5.38. The number of carboxylic acids is 1. The SMILES string of the molecule is COc1ccc(/C(=C\c2c[nH]c3ccc(OCc4ccccc4)cc23)C(=O)O)cc1. The Hall–Kier alpha value is -3.99. The lowest BCUT2D eigenvalue weighted by Crippen LogP contribution is -1.99. The summed E-state index contributed by atoms with van der Waals surface area (Å²) in [6.07, 6.45) is 3.47. The molecule has 0 saturated heterocycles. The smallest absolute Gasteiger partial charge is 0.336 e. The number of hydrogen-bond acceptors (Lipinski definition) is 3. The molecule has 1 heterocycles. The van der Waals surface area contributed by atoms with Gasteiger partial charge in [0.25, 0.3) is 0 Å². The number of H-pyrrole nitrogens is 1. The summed E-state index contributed by atoms with van der Waals surface area (Å²) in [4.78, 5) is 15.1. The number of rotatable bonds is 7. The first-order chi connectivity index (χ1) is 14.6. The quantitative estimate of drug-likeness (QED) is 0.409. The molecule has 0 spiro atoms.